The Labute approximate surface area is 192 Å². The van der Waals surface area contributed by atoms with E-state index in [0.29, 0.717) is 37.6 Å². The van der Waals surface area contributed by atoms with Crippen LogP contribution in [0.25, 0.3) is 5.57 Å². The number of rotatable bonds is 8. The van der Waals surface area contributed by atoms with Gasteiger partial charge in [-0.2, -0.15) is 0 Å². The molecular formula is C27H38N2O3. The fourth-order valence-corrected chi connectivity index (χ4v) is 5.08. The van der Waals surface area contributed by atoms with Gasteiger partial charge in [-0.05, 0) is 75.5 Å². The van der Waals surface area contributed by atoms with Gasteiger partial charge in [-0.25, -0.2) is 0 Å². The number of nitrogens with one attached hydrogen (secondary N) is 1. The molecule has 1 saturated carbocycles. The second kappa shape index (κ2) is 9.60. The van der Waals surface area contributed by atoms with Gasteiger partial charge in [-0.3, -0.25) is 19.3 Å². The molecule has 2 aliphatic rings. The fourth-order valence-electron chi connectivity index (χ4n) is 5.08. The molecule has 4 atom stereocenters. The summed E-state index contributed by atoms with van der Waals surface area (Å²) in [6.45, 7) is 14.7. The van der Waals surface area contributed by atoms with Gasteiger partial charge in [0.15, 0.2) is 0 Å². The predicted molar refractivity (Wildman–Crippen MR) is 127 cm³/mol. The summed E-state index contributed by atoms with van der Waals surface area (Å²) in [6, 6.07) is 8.07. The van der Waals surface area contributed by atoms with Crippen LogP contribution in [0.3, 0.4) is 0 Å². The Hall–Kier alpha value is -2.43. The number of hydrogen-bond acceptors (Lipinski definition) is 3. The highest BCUT2D eigenvalue weighted by atomic mass is 16.2. The van der Waals surface area contributed by atoms with E-state index in [-0.39, 0.29) is 29.6 Å². The molecule has 4 unspecified atom stereocenters. The van der Waals surface area contributed by atoms with E-state index >= 15 is 0 Å². The molecule has 2 fully saturated rings. The van der Waals surface area contributed by atoms with Crippen molar-refractivity contribution in [3.8, 4) is 0 Å². The third kappa shape index (κ3) is 5.13. The summed E-state index contributed by atoms with van der Waals surface area (Å²) in [7, 11) is 0. The number of nitrogens with zero attached hydrogens (tertiary/aromatic N) is 1. The normalized spacial score (nSPS) is 25.6. The SMILES string of the molecule is C=C(C)c1cccc(C(C)(C)NC(=O)CCCCN2C(=O)C3CC(C)C(C)CC3C2=O)c1. The fraction of sp³-hybridized carbons (Fsp3) is 0.593. The lowest BCUT2D eigenvalue weighted by Gasteiger charge is -2.31. The molecule has 174 valence electrons. The number of amides is 3. The summed E-state index contributed by atoms with van der Waals surface area (Å²) in [4.78, 5) is 39.6. The van der Waals surface area contributed by atoms with Crippen LogP contribution in [0.5, 0.6) is 0 Å². The first-order valence-electron chi connectivity index (χ1n) is 11.9. The van der Waals surface area contributed by atoms with Gasteiger partial charge in [0.2, 0.25) is 17.7 Å². The van der Waals surface area contributed by atoms with E-state index in [1.54, 1.807) is 0 Å². The molecule has 1 aliphatic carbocycles. The van der Waals surface area contributed by atoms with Crippen molar-refractivity contribution in [1.82, 2.24) is 10.2 Å². The number of unbranched alkanes of at least 4 members (excludes halogenated alkanes) is 1. The molecule has 0 radical (unpaired) electrons. The summed E-state index contributed by atoms with van der Waals surface area (Å²) in [5.41, 5.74) is 2.59. The second-order valence-corrected chi connectivity index (χ2v) is 10.5. The highest BCUT2D eigenvalue weighted by Gasteiger charge is 2.50. The first kappa shape index (κ1) is 24.2. The average molecular weight is 439 g/mol. The number of hydrogen-bond donors (Lipinski definition) is 1. The maximum atomic E-state index is 12.8. The number of carbonyl (C=O) groups excluding carboxylic acids is 3. The molecule has 32 heavy (non-hydrogen) atoms. The first-order valence-corrected chi connectivity index (χ1v) is 11.9. The maximum Gasteiger partial charge on any atom is 0.233 e. The van der Waals surface area contributed by atoms with Crippen LogP contribution in [-0.2, 0) is 19.9 Å². The molecule has 0 spiro atoms. The quantitative estimate of drug-likeness (QED) is 0.463. The van der Waals surface area contributed by atoms with Crippen molar-refractivity contribution in [1.29, 1.82) is 0 Å². The van der Waals surface area contributed by atoms with Crippen LogP contribution >= 0.6 is 0 Å². The van der Waals surface area contributed by atoms with Crippen molar-refractivity contribution in [2.75, 3.05) is 6.54 Å². The van der Waals surface area contributed by atoms with Gasteiger partial charge in [-0.1, -0.05) is 44.2 Å². The molecule has 3 rings (SSSR count). The molecule has 1 aliphatic heterocycles. The Bertz CT molecular complexity index is 876. The minimum absolute atomic E-state index is 0.00160. The summed E-state index contributed by atoms with van der Waals surface area (Å²) in [6.07, 6.45) is 3.31. The average Bonchev–Trinajstić information content (AvgIpc) is 2.95. The molecule has 1 aromatic rings. The molecule has 1 heterocycles. The molecule has 0 aromatic heterocycles. The predicted octanol–water partition coefficient (Wildman–Crippen LogP) is 4.91. The topological polar surface area (TPSA) is 66.5 Å². The van der Waals surface area contributed by atoms with Gasteiger partial charge < -0.3 is 5.32 Å². The van der Waals surface area contributed by atoms with Crippen molar-refractivity contribution in [2.45, 2.75) is 72.3 Å². The zero-order chi connectivity index (χ0) is 23.6. The van der Waals surface area contributed by atoms with E-state index in [9.17, 15) is 14.4 Å². The van der Waals surface area contributed by atoms with E-state index in [1.165, 1.54) is 4.90 Å². The van der Waals surface area contributed by atoms with Crippen LogP contribution in [-0.4, -0.2) is 29.2 Å². The molecule has 1 saturated heterocycles. The number of carbonyl (C=O) groups is 3. The number of allylic oxidation sites excluding steroid dienone is 1. The van der Waals surface area contributed by atoms with Crippen LogP contribution < -0.4 is 5.32 Å². The van der Waals surface area contributed by atoms with Crippen LogP contribution in [0.2, 0.25) is 0 Å². The van der Waals surface area contributed by atoms with Crippen LogP contribution in [0.1, 0.15) is 77.8 Å². The third-order valence-corrected chi connectivity index (χ3v) is 7.44. The molecule has 0 bridgehead atoms. The Balaban J connectivity index is 1.48. The number of imide groups is 1. The molecule has 1 N–H and O–H groups in total. The van der Waals surface area contributed by atoms with E-state index in [2.05, 4.69) is 31.8 Å². The Morgan fingerprint density at radius 2 is 1.69 bits per heavy atom. The standard InChI is InChI=1S/C27H38N2O3/c1-17(2)20-10-9-11-21(16-20)27(5,6)28-24(30)12-7-8-13-29-25(31)22-14-18(3)19(4)15-23(22)26(29)32/h9-11,16,18-19,22-23H,1,7-8,12-15H2,2-6H3,(H,28,30). The molecule has 1 aromatic carbocycles. The highest BCUT2D eigenvalue weighted by Crippen LogP contribution is 2.43. The van der Waals surface area contributed by atoms with Gasteiger partial charge in [0.1, 0.15) is 0 Å². The van der Waals surface area contributed by atoms with Crippen molar-refractivity contribution in [3.63, 3.8) is 0 Å². The van der Waals surface area contributed by atoms with Gasteiger partial charge in [0.05, 0.1) is 17.4 Å². The van der Waals surface area contributed by atoms with Crippen molar-refractivity contribution in [2.24, 2.45) is 23.7 Å². The second-order valence-electron chi connectivity index (χ2n) is 10.5. The molecule has 5 nitrogen and oxygen atoms in total. The van der Waals surface area contributed by atoms with Crippen LogP contribution in [0.4, 0.5) is 0 Å². The van der Waals surface area contributed by atoms with E-state index < -0.39 is 5.54 Å². The Kier molecular flexibility index (Phi) is 7.26. The molecule has 3 amide bonds. The molecular weight excluding hydrogens is 400 g/mol. The summed E-state index contributed by atoms with van der Waals surface area (Å²) in [5, 5.41) is 3.12. The lowest BCUT2D eigenvalue weighted by Crippen LogP contribution is -2.41. The number of benzene rings is 1. The lowest BCUT2D eigenvalue weighted by molar-refractivity contribution is -0.140. The molecule has 5 heteroatoms. The number of likely N-dealkylation sites (tertiary alicyclic amines) is 1. The smallest absolute Gasteiger partial charge is 0.233 e. The van der Waals surface area contributed by atoms with Gasteiger partial charge >= 0.3 is 0 Å². The van der Waals surface area contributed by atoms with Gasteiger partial charge in [0.25, 0.3) is 0 Å². The maximum absolute atomic E-state index is 12.8. The van der Waals surface area contributed by atoms with Gasteiger partial charge in [-0.15, -0.1) is 0 Å². The number of fused-ring (bicyclic) bond motifs is 1. The third-order valence-electron chi connectivity index (χ3n) is 7.44. The Morgan fingerprint density at radius 3 is 2.25 bits per heavy atom. The van der Waals surface area contributed by atoms with E-state index in [0.717, 1.165) is 29.5 Å². The minimum Gasteiger partial charge on any atom is -0.347 e. The summed E-state index contributed by atoms with van der Waals surface area (Å²) >= 11 is 0. The van der Waals surface area contributed by atoms with Crippen LogP contribution in [0, 0.1) is 23.7 Å². The zero-order valence-corrected chi connectivity index (χ0v) is 20.2. The monoisotopic (exact) mass is 438 g/mol. The zero-order valence-electron chi connectivity index (χ0n) is 20.2. The van der Waals surface area contributed by atoms with Crippen molar-refractivity contribution in [3.05, 3.63) is 42.0 Å². The highest BCUT2D eigenvalue weighted by molar-refractivity contribution is 6.05. The minimum atomic E-state index is -0.494. The van der Waals surface area contributed by atoms with E-state index in [4.69, 9.17) is 0 Å². The summed E-state index contributed by atoms with van der Waals surface area (Å²) in [5.74, 6) is 0.683. The summed E-state index contributed by atoms with van der Waals surface area (Å²) < 4.78 is 0. The van der Waals surface area contributed by atoms with Crippen molar-refractivity contribution < 1.29 is 14.4 Å². The Morgan fingerprint density at radius 1 is 1.09 bits per heavy atom. The van der Waals surface area contributed by atoms with Gasteiger partial charge in [0, 0.05) is 13.0 Å². The van der Waals surface area contributed by atoms with E-state index in [1.807, 2.05) is 39.0 Å². The van der Waals surface area contributed by atoms with Crippen LogP contribution in [0.15, 0.2) is 30.8 Å². The lowest BCUT2D eigenvalue weighted by atomic mass is 9.70. The largest absolute Gasteiger partial charge is 0.347 e. The van der Waals surface area contributed by atoms with Crippen molar-refractivity contribution >= 4 is 23.3 Å². The first-order chi connectivity index (χ1) is 15.0.